The fourth-order valence-electron chi connectivity index (χ4n) is 3.94. The van der Waals surface area contributed by atoms with Crippen molar-refractivity contribution in [3.63, 3.8) is 0 Å². The number of carbonyl (C=O) groups is 1. The maximum absolute atomic E-state index is 13.1. The number of thioether (sulfide) groups is 1. The summed E-state index contributed by atoms with van der Waals surface area (Å²) >= 11 is 1.94. The van der Waals surface area contributed by atoms with Crippen LogP contribution in [0.4, 0.5) is 0 Å². The first kappa shape index (κ1) is 23.4. The van der Waals surface area contributed by atoms with Gasteiger partial charge < -0.3 is 4.74 Å². The molecule has 1 saturated heterocycles. The number of hydrogen-bond donors (Lipinski definition) is 0. The van der Waals surface area contributed by atoms with Crippen molar-refractivity contribution in [3.05, 3.63) is 29.8 Å². The number of morpholine rings is 1. The summed E-state index contributed by atoms with van der Waals surface area (Å²) < 4.78 is 5.43. The molecule has 0 aliphatic carbocycles. The van der Waals surface area contributed by atoms with Gasteiger partial charge in [0.25, 0.3) is 0 Å². The number of hydrogen-bond acceptors (Lipinski definition) is 4. The molecule has 1 unspecified atom stereocenters. The zero-order chi connectivity index (χ0) is 20.4. The van der Waals surface area contributed by atoms with Crippen LogP contribution < -0.4 is 0 Å². The van der Waals surface area contributed by atoms with Crippen LogP contribution in [-0.2, 0) is 4.74 Å². The Morgan fingerprint density at radius 3 is 2.36 bits per heavy atom. The maximum atomic E-state index is 13.1. The number of benzene rings is 1. The smallest absolute Gasteiger partial charge is 0.182 e. The van der Waals surface area contributed by atoms with Crippen LogP contribution in [0.1, 0.15) is 76.6 Å². The maximum Gasteiger partial charge on any atom is 0.182 e. The Morgan fingerprint density at radius 1 is 1.07 bits per heavy atom. The lowest BCUT2D eigenvalue weighted by Crippen LogP contribution is -2.54. The van der Waals surface area contributed by atoms with Gasteiger partial charge in [0.15, 0.2) is 5.78 Å². The van der Waals surface area contributed by atoms with Crippen LogP contribution in [0.2, 0.25) is 0 Å². The van der Waals surface area contributed by atoms with E-state index in [1.165, 1.54) is 49.2 Å². The SMILES string of the molecule is CCCCCC(CCC)CSc1ccc(C(=O)C(C)(C)N2CCOCC2)cc1. The van der Waals surface area contributed by atoms with Gasteiger partial charge in [-0.3, -0.25) is 9.69 Å². The predicted octanol–water partition coefficient (Wildman–Crippen LogP) is 6.07. The summed E-state index contributed by atoms with van der Waals surface area (Å²) in [5.41, 5.74) is 0.332. The van der Waals surface area contributed by atoms with E-state index in [2.05, 4.69) is 30.9 Å². The molecule has 0 saturated carbocycles. The van der Waals surface area contributed by atoms with Gasteiger partial charge in [-0.25, -0.2) is 0 Å². The third-order valence-corrected chi connectivity index (χ3v) is 7.12. The number of rotatable bonds is 12. The molecule has 1 aromatic carbocycles. The second kappa shape index (κ2) is 12.0. The van der Waals surface area contributed by atoms with Crippen LogP contribution >= 0.6 is 11.8 Å². The second-order valence-electron chi connectivity index (χ2n) is 8.47. The molecule has 4 heteroatoms. The average Bonchev–Trinajstić information content (AvgIpc) is 2.72. The highest BCUT2D eigenvalue weighted by Gasteiger charge is 2.35. The Balaban J connectivity index is 1.91. The van der Waals surface area contributed by atoms with Crippen LogP contribution in [0.25, 0.3) is 0 Å². The van der Waals surface area contributed by atoms with Crippen molar-refractivity contribution < 1.29 is 9.53 Å². The summed E-state index contributed by atoms with van der Waals surface area (Å²) in [6, 6.07) is 8.28. The molecule has 1 heterocycles. The van der Waals surface area contributed by atoms with E-state index in [-0.39, 0.29) is 5.78 Å². The molecule has 0 N–H and O–H groups in total. The minimum Gasteiger partial charge on any atom is -0.379 e. The van der Waals surface area contributed by atoms with Gasteiger partial charge in [-0.1, -0.05) is 51.7 Å². The Hall–Kier alpha value is -0.840. The van der Waals surface area contributed by atoms with Crippen molar-refractivity contribution in [2.75, 3.05) is 32.1 Å². The summed E-state index contributed by atoms with van der Waals surface area (Å²) in [5.74, 6) is 2.20. The largest absolute Gasteiger partial charge is 0.379 e. The van der Waals surface area contributed by atoms with E-state index in [1.54, 1.807) is 0 Å². The average molecular weight is 406 g/mol. The number of ketones is 1. The Labute approximate surface area is 176 Å². The van der Waals surface area contributed by atoms with E-state index in [9.17, 15) is 4.79 Å². The van der Waals surface area contributed by atoms with Gasteiger partial charge in [-0.15, -0.1) is 11.8 Å². The lowest BCUT2D eigenvalue weighted by molar-refractivity contribution is -0.00430. The minimum atomic E-state index is -0.482. The van der Waals surface area contributed by atoms with Crippen LogP contribution in [0.3, 0.4) is 0 Å². The van der Waals surface area contributed by atoms with E-state index in [4.69, 9.17) is 4.74 Å². The quantitative estimate of drug-likeness (QED) is 0.240. The molecule has 1 aliphatic heterocycles. The van der Waals surface area contributed by atoms with Gasteiger partial charge in [-0.05, 0) is 44.7 Å². The molecule has 0 amide bonds. The topological polar surface area (TPSA) is 29.5 Å². The van der Waals surface area contributed by atoms with Gasteiger partial charge in [0.2, 0.25) is 0 Å². The monoisotopic (exact) mass is 405 g/mol. The van der Waals surface area contributed by atoms with Gasteiger partial charge in [0.05, 0.1) is 18.8 Å². The molecular formula is C24H39NO2S. The van der Waals surface area contributed by atoms with Gasteiger partial charge >= 0.3 is 0 Å². The summed E-state index contributed by atoms with van der Waals surface area (Å²) in [5, 5.41) is 0. The lowest BCUT2D eigenvalue weighted by atomic mass is 9.91. The van der Waals surface area contributed by atoms with Crippen molar-refractivity contribution in [2.24, 2.45) is 5.92 Å². The Morgan fingerprint density at radius 2 is 1.75 bits per heavy atom. The molecule has 0 spiro atoms. The zero-order valence-electron chi connectivity index (χ0n) is 18.3. The molecule has 2 rings (SSSR count). The van der Waals surface area contributed by atoms with E-state index < -0.39 is 5.54 Å². The summed E-state index contributed by atoms with van der Waals surface area (Å²) in [4.78, 5) is 16.6. The standard InChI is InChI=1S/C24H39NO2S/c1-5-7-8-10-20(9-6-2)19-28-22-13-11-21(12-14-22)23(26)24(3,4)25-15-17-27-18-16-25/h11-14,20H,5-10,15-19H2,1-4H3. The van der Waals surface area contributed by atoms with Crippen molar-refractivity contribution in [1.29, 1.82) is 0 Å². The highest BCUT2D eigenvalue weighted by Crippen LogP contribution is 2.28. The third kappa shape index (κ3) is 6.89. The summed E-state index contributed by atoms with van der Waals surface area (Å²) in [7, 11) is 0. The summed E-state index contributed by atoms with van der Waals surface area (Å²) in [6.07, 6.45) is 7.93. The summed E-state index contributed by atoms with van der Waals surface area (Å²) in [6.45, 7) is 11.7. The first-order valence-corrected chi connectivity index (χ1v) is 12.1. The molecule has 28 heavy (non-hydrogen) atoms. The number of ether oxygens (including phenoxy) is 1. The Bertz CT molecular complexity index is 579. The van der Waals surface area contributed by atoms with Gasteiger partial charge in [0.1, 0.15) is 0 Å². The highest BCUT2D eigenvalue weighted by atomic mass is 32.2. The molecular weight excluding hydrogens is 366 g/mol. The molecule has 3 nitrogen and oxygen atoms in total. The van der Waals surface area contributed by atoms with E-state index in [1.807, 2.05) is 37.7 Å². The number of Topliss-reactive ketones (excluding diaryl/α,β-unsaturated/α-hetero) is 1. The van der Waals surface area contributed by atoms with Crippen LogP contribution in [0, 0.1) is 5.92 Å². The van der Waals surface area contributed by atoms with Crippen molar-refractivity contribution >= 4 is 17.5 Å². The normalized spacial score (nSPS) is 16.9. The highest BCUT2D eigenvalue weighted by molar-refractivity contribution is 7.99. The number of nitrogens with zero attached hydrogens (tertiary/aromatic N) is 1. The number of unbranched alkanes of at least 4 members (excludes halogenated alkanes) is 2. The lowest BCUT2D eigenvalue weighted by Gasteiger charge is -2.39. The molecule has 1 aromatic rings. The van der Waals surface area contributed by atoms with Crippen molar-refractivity contribution in [3.8, 4) is 0 Å². The van der Waals surface area contributed by atoms with Crippen molar-refractivity contribution in [2.45, 2.75) is 76.7 Å². The third-order valence-electron chi connectivity index (χ3n) is 5.87. The fraction of sp³-hybridized carbons (Fsp3) is 0.708. The first-order valence-electron chi connectivity index (χ1n) is 11.1. The Kier molecular flexibility index (Phi) is 10.0. The number of carbonyl (C=O) groups excluding carboxylic acids is 1. The molecule has 1 aliphatic rings. The van der Waals surface area contributed by atoms with Gasteiger partial charge in [0, 0.05) is 29.3 Å². The van der Waals surface area contributed by atoms with Crippen molar-refractivity contribution in [1.82, 2.24) is 4.90 Å². The second-order valence-corrected chi connectivity index (χ2v) is 9.57. The zero-order valence-corrected chi connectivity index (χ0v) is 19.2. The molecule has 1 atom stereocenters. The molecule has 1 fully saturated rings. The molecule has 0 aromatic heterocycles. The fourth-order valence-corrected chi connectivity index (χ4v) is 5.03. The van der Waals surface area contributed by atoms with Crippen LogP contribution in [0.15, 0.2) is 29.2 Å². The van der Waals surface area contributed by atoms with E-state index >= 15 is 0 Å². The molecule has 0 radical (unpaired) electrons. The van der Waals surface area contributed by atoms with Crippen LogP contribution in [0.5, 0.6) is 0 Å². The minimum absolute atomic E-state index is 0.203. The molecule has 158 valence electrons. The van der Waals surface area contributed by atoms with E-state index in [0.717, 1.165) is 24.6 Å². The first-order chi connectivity index (χ1) is 13.5. The van der Waals surface area contributed by atoms with E-state index in [0.29, 0.717) is 13.2 Å². The van der Waals surface area contributed by atoms with Crippen LogP contribution in [-0.4, -0.2) is 48.3 Å². The predicted molar refractivity (Wildman–Crippen MR) is 121 cm³/mol. The molecule has 0 bridgehead atoms. The van der Waals surface area contributed by atoms with Gasteiger partial charge in [-0.2, -0.15) is 0 Å².